The molecule has 7 heteroatoms. The largest absolute Gasteiger partial charge is 0.493 e. The first-order valence-electron chi connectivity index (χ1n) is 9.40. The van der Waals surface area contributed by atoms with Crippen molar-refractivity contribution in [2.75, 3.05) is 39.3 Å². The van der Waals surface area contributed by atoms with Gasteiger partial charge in [0.25, 0.3) is 0 Å². The van der Waals surface area contributed by atoms with Crippen molar-refractivity contribution in [2.45, 2.75) is 19.9 Å². The van der Waals surface area contributed by atoms with E-state index in [9.17, 15) is 0 Å². The lowest BCUT2D eigenvalue weighted by Crippen LogP contribution is -2.30. The van der Waals surface area contributed by atoms with Crippen molar-refractivity contribution < 1.29 is 18.9 Å². The number of benzene rings is 2. The van der Waals surface area contributed by atoms with Gasteiger partial charge in [-0.05, 0) is 36.8 Å². The summed E-state index contributed by atoms with van der Waals surface area (Å²) in [4.78, 5) is 4.29. The molecule has 0 saturated carbocycles. The summed E-state index contributed by atoms with van der Waals surface area (Å²) in [5, 5.41) is 6.58. The quantitative estimate of drug-likeness (QED) is 0.586. The van der Waals surface area contributed by atoms with Gasteiger partial charge < -0.3 is 29.6 Å². The minimum atomic E-state index is 0.584. The first-order valence-corrected chi connectivity index (χ1v) is 9.40. The monoisotopic (exact) mass is 385 g/mol. The van der Waals surface area contributed by atoms with Gasteiger partial charge in [-0.3, -0.25) is 4.99 Å². The lowest BCUT2D eigenvalue weighted by molar-refractivity contribution is 0.297. The van der Waals surface area contributed by atoms with Crippen molar-refractivity contribution in [1.82, 2.24) is 5.32 Å². The van der Waals surface area contributed by atoms with Crippen molar-refractivity contribution in [2.24, 2.45) is 4.99 Å². The van der Waals surface area contributed by atoms with Gasteiger partial charge in [-0.2, -0.15) is 0 Å². The van der Waals surface area contributed by atoms with Crippen molar-refractivity contribution in [1.29, 1.82) is 0 Å². The van der Waals surface area contributed by atoms with Crippen LogP contribution in [0.5, 0.6) is 23.0 Å². The Morgan fingerprint density at radius 3 is 2.64 bits per heavy atom. The van der Waals surface area contributed by atoms with Crippen molar-refractivity contribution in [3.8, 4) is 23.0 Å². The molecule has 150 valence electrons. The fraction of sp³-hybridized carbons (Fsp3) is 0.381. The van der Waals surface area contributed by atoms with Gasteiger partial charge in [0.15, 0.2) is 29.0 Å². The van der Waals surface area contributed by atoms with Crippen molar-refractivity contribution >= 4 is 11.6 Å². The Balaban J connectivity index is 1.64. The first-order chi connectivity index (χ1) is 13.7. The summed E-state index contributed by atoms with van der Waals surface area (Å²) in [5.74, 6) is 3.63. The van der Waals surface area contributed by atoms with Gasteiger partial charge >= 0.3 is 0 Å². The molecule has 0 fully saturated rings. The minimum absolute atomic E-state index is 0.584. The summed E-state index contributed by atoms with van der Waals surface area (Å²) in [6, 6.07) is 11.6. The van der Waals surface area contributed by atoms with Crippen LogP contribution in [0.2, 0.25) is 0 Å². The summed E-state index contributed by atoms with van der Waals surface area (Å²) in [7, 11) is 3.37. The van der Waals surface area contributed by atoms with Crippen LogP contribution in [-0.4, -0.2) is 39.9 Å². The highest BCUT2D eigenvalue weighted by atomic mass is 16.5. The molecular weight excluding hydrogens is 358 g/mol. The number of hydrogen-bond acceptors (Lipinski definition) is 5. The van der Waals surface area contributed by atoms with E-state index >= 15 is 0 Å². The number of aliphatic imine (C=N–C) groups is 1. The zero-order valence-electron chi connectivity index (χ0n) is 16.6. The molecule has 1 heterocycles. The van der Waals surface area contributed by atoms with Crippen molar-refractivity contribution in [3.05, 3.63) is 42.0 Å². The third kappa shape index (κ3) is 5.00. The summed E-state index contributed by atoms with van der Waals surface area (Å²) >= 11 is 0. The maximum atomic E-state index is 5.74. The van der Waals surface area contributed by atoms with E-state index < -0.39 is 0 Å². The number of rotatable bonds is 6. The van der Waals surface area contributed by atoms with Gasteiger partial charge in [0.1, 0.15) is 0 Å². The summed E-state index contributed by atoms with van der Waals surface area (Å²) < 4.78 is 22.4. The molecule has 0 unspecified atom stereocenters. The molecule has 0 amide bonds. The number of methoxy groups -OCH3 is 1. The third-order valence-corrected chi connectivity index (χ3v) is 4.22. The predicted molar refractivity (Wildman–Crippen MR) is 110 cm³/mol. The van der Waals surface area contributed by atoms with Gasteiger partial charge in [-0.1, -0.05) is 6.07 Å². The molecule has 7 nitrogen and oxygen atoms in total. The van der Waals surface area contributed by atoms with E-state index in [0.717, 1.165) is 40.7 Å². The Hall–Kier alpha value is -3.09. The van der Waals surface area contributed by atoms with Crippen LogP contribution < -0.4 is 29.6 Å². The Morgan fingerprint density at radius 2 is 1.89 bits per heavy atom. The lowest BCUT2D eigenvalue weighted by atomic mass is 10.2. The maximum Gasteiger partial charge on any atom is 0.195 e. The Kier molecular flexibility index (Phi) is 6.84. The van der Waals surface area contributed by atoms with Crippen molar-refractivity contribution in [3.63, 3.8) is 0 Å². The SMILES string of the molecule is CCOc1cc(CNC(=NC)Nc2ccc3c(c2)OCCCO3)ccc1OC. The number of hydrogen-bond donors (Lipinski definition) is 2. The molecule has 0 aromatic heterocycles. The van der Waals surface area contributed by atoms with Crippen LogP contribution in [0.25, 0.3) is 0 Å². The van der Waals surface area contributed by atoms with E-state index in [1.807, 2.05) is 43.3 Å². The fourth-order valence-electron chi connectivity index (χ4n) is 2.84. The molecule has 0 atom stereocenters. The molecule has 1 aliphatic rings. The number of nitrogens with zero attached hydrogens (tertiary/aromatic N) is 1. The fourth-order valence-corrected chi connectivity index (χ4v) is 2.84. The number of anilines is 1. The first kappa shape index (κ1) is 19.7. The average molecular weight is 385 g/mol. The molecule has 0 saturated heterocycles. The molecule has 0 bridgehead atoms. The van der Waals surface area contributed by atoms with Gasteiger partial charge in [0.05, 0.1) is 26.9 Å². The number of fused-ring (bicyclic) bond motifs is 1. The normalized spacial score (nSPS) is 13.5. The van der Waals surface area contributed by atoms with E-state index in [1.54, 1.807) is 14.2 Å². The second-order valence-electron chi connectivity index (χ2n) is 6.18. The Morgan fingerprint density at radius 1 is 1.07 bits per heavy atom. The topological polar surface area (TPSA) is 73.3 Å². The van der Waals surface area contributed by atoms with E-state index in [1.165, 1.54) is 0 Å². The Labute approximate surface area is 165 Å². The van der Waals surface area contributed by atoms with Gasteiger partial charge in [0, 0.05) is 31.8 Å². The van der Waals surface area contributed by atoms with Crippen LogP contribution in [0, 0.1) is 0 Å². The second kappa shape index (κ2) is 9.73. The van der Waals surface area contributed by atoms with E-state index in [4.69, 9.17) is 18.9 Å². The minimum Gasteiger partial charge on any atom is -0.493 e. The van der Waals surface area contributed by atoms with Gasteiger partial charge in [-0.15, -0.1) is 0 Å². The summed E-state index contributed by atoms with van der Waals surface area (Å²) in [5.41, 5.74) is 1.94. The zero-order valence-corrected chi connectivity index (χ0v) is 16.6. The van der Waals surface area contributed by atoms with Crippen LogP contribution in [0.15, 0.2) is 41.4 Å². The number of ether oxygens (including phenoxy) is 4. The highest BCUT2D eigenvalue weighted by molar-refractivity contribution is 5.93. The van der Waals surface area contributed by atoms with Crippen LogP contribution in [0.3, 0.4) is 0 Å². The standard InChI is InChI=1S/C21H27N3O4/c1-4-26-19-12-15(6-8-17(19)25-3)14-23-21(22-2)24-16-7-9-18-20(13-16)28-11-5-10-27-18/h6-9,12-13H,4-5,10-11,14H2,1-3H3,(H2,22,23,24). The Bertz CT molecular complexity index is 823. The molecular formula is C21H27N3O4. The molecule has 28 heavy (non-hydrogen) atoms. The van der Waals surface area contributed by atoms with Crippen LogP contribution in [0.1, 0.15) is 18.9 Å². The van der Waals surface area contributed by atoms with Crippen LogP contribution in [0.4, 0.5) is 5.69 Å². The van der Waals surface area contributed by atoms with Crippen LogP contribution in [-0.2, 0) is 6.54 Å². The summed E-state index contributed by atoms with van der Waals surface area (Å²) in [6.45, 7) is 4.46. The highest BCUT2D eigenvalue weighted by Crippen LogP contribution is 2.32. The maximum absolute atomic E-state index is 5.74. The molecule has 1 aliphatic heterocycles. The van der Waals surface area contributed by atoms with Crippen LogP contribution >= 0.6 is 0 Å². The average Bonchev–Trinajstić information content (AvgIpc) is 2.96. The van der Waals surface area contributed by atoms with E-state index in [2.05, 4.69) is 15.6 Å². The zero-order chi connectivity index (χ0) is 19.8. The van der Waals surface area contributed by atoms with E-state index in [0.29, 0.717) is 32.3 Å². The molecule has 0 aliphatic carbocycles. The molecule has 2 aromatic carbocycles. The highest BCUT2D eigenvalue weighted by Gasteiger charge is 2.11. The lowest BCUT2D eigenvalue weighted by Gasteiger charge is -2.15. The molecule has 0 spiro atoms. The second-order valence-corrected chi connectivity index (χ2v) is 6.18. The summed E-state index contributed by atoms with van der Waals surface area (Å²) in [6.07, 6.45) is 0.881. The predicted octanol–water partition coefficient (Wildman–Crippen LogP) is 3.44. The molecule has 2 N–H and O–H groups in total. The number of guanidine groups is 1. The molecule has 2 aromatic rings. The molecule has 0 radical (unpaired) electrons. The van der Waals surface area contributed by atoms with E-state index in [-0.39, 0.29) is 0 Å². The number of nitrogens with one attached hydrogen (secondary N) is 2. The molecule has 3 rings (SSSR count). The smallest absolute Gasteiger partial charge is 0.195 e. The van der Waals surface area contributed by atoms with Gasteiger partial charge in [-0.25, -0.2) is 0 Å². The third-order valence-electron chi connectivity index (χ3n) is 4.22. The van der Waals surface area contributed by atoms with Gasteiger partial charge in [0.2, 0.25) is 0 Å².